The average Bonchev–Trinajstić information content (AvgIpc) is 3.66. The minimum atomic E-state index is -0.385. The van der Waals surface area contributed by atoms with Gasteiger partial charge in [0.15, 0.2) is 0 Å². The van der Waals surface area contributed by atoms with Gasteiger partial charge in [-0.3, -0.25) is 4.79 Å². The molecule has 1 saturated carbocycles. The van der Waals surface area contributed by atoms with Crippen LogP contribution in [0.3, 0.4) is 0 Å². The summed E-state index contributed by atoms with van der Waals surface area (Å²) in [5.74, 6) is 0.268. The number of aromatic nitrogens is 1. The Morgan fingerprint density at radius 1 is 1.06 bits per heavy atom. The number of nitrogens with zero attached hydrogens (tertiary/aromatic N) is 3. The van der Waals surface area contributed by atoms with Gasteiger partial charge in [-0.1, -0.05) is 6.07 Å². The Hall–Kier alpha value is -3.62. The molecule has 2 aromatic rings. The third kappa shape index (κ3) is 6.00. The summed E-state index contributed by atoms with van der Waals surface area (Å²) < 4.78 is 5.00. The number of esters is 1. The van der Waals surface area contributed by atoms with E-state index in [1.54, 1.807) is 48.2 Å². The molecule has 3 amide bonds. The first kappa shape index (κ1) is 22.6. The summed E-state index contributed by atoms with van der Waals surface area (Å²) in [6, 6.07) is 10.6. The van der Waals surface area contributed by atoms with Gasteiger partial charge in [0.2, 0.25) is 0 Å². The number of rotatable bonds is 6. The molecule has 2 fully saturated rings. The molecule has 9 nitrogen and oxygen atoms in total. The fourth-order valence-corrected chi connectivity index (χ4v) is 3.70. The largest absolute Gasteiger partial charge is 0.462 e. The topological polar surface area (TPSA) is 104 Å². The van der Waals surface area contributed by atoms with Crippen molar-refractivity contribution in [1.29, 1.82) is 0 Å². The van der Waals surface area contributed by atoms with Crippen LogP contribution in [-0.2, 0) is 4.74 Å². The molecule has 1 aromatic heterocycles. The molecule has 2 heterocycles. The Bertz CT molecular complexity index is 1010. The van der Waals surface area contributed by atoms with Gasteiger partial charge in [-0.2, -0.15) is 0 Å². The van der Waals surface area contributed by atoms with Gasteiger partial charge < -0.3 is 25.2 Å². The lowest BCUT2D eigenvalue weighted by Gasteiger charge is -2.23. The lowest BCUT2D eigenvalue weighted by Crippen LogP contribution is -2.38. The number of urea groups is 1. The minimum Gasteiger partial charge on any atom is -0.462 e. The zero-order valence-electron chi connectivity index (χ0n) is 18.8. The Kier molecular flexibility index (Phi) is 7.07. The summed E-state index contributed by atoms with van der Waals surface area (Å²) in [7, 11) is 0. The molecule has 0 radical (unpaired) electrons. The van der Waals surface area contributed by atoms with Crippen LogP contribution < -0.4 is 15.5 Å². The zero-order chi connectivity index (χ0) is 23.2. The van der Waals surface area contributed by atoms with Gasteiger partial charge in [0, 0.05) is 49.7 Å². The summed E-state index contributed by atoms with van der Waals surface area (Å²) in [6.45, 7) is 4.62. The zero-order valence-corrected chi connectivity index (χ0v) is 18.8. The predicted octanol–water partition coefficient (Wildman–Crippen LogP) is 2.89. The van der Waals surface area contributed by atoms with Crippen LogP contribution in [0, 0.1) is 0 Å². The van der Waals surface area contributed by atoms with E-state index in [0.717, 1.165) is 31.6 Å². The molecular formula is C24H29N5O4. The van der Waals surface area contributed by atoms with Crippen molar-refractivity contribution in [2.45, 2.75) is 32.2 Å². The van der Waals surface area contributed by atoms with E-state index >= 15 is 0 Å². The number of amides is 3. The molecule has 9 heteroatoms. The SMILES string of the molecule is CCOC(=O)c1ccc(N2CCCN(C(=O)Nc3cccc(C(=O)NC4CC4)c3)CC2)nc1. The van der Waals surface area contributed by atoms with Gasteiger partial charge in [-0.05, 0) is 56.5 Å². The molecule has 4 rings (SSSR count). The fourth-order valence-electron chi connectivity index (χ4n) is 3.70. The van der Waals surface area contributed by atoms with Gasteiger partial charge in [0.1, 0.15) is 5.82 Å². The van der Waals surface area contributed by atoms with E-state index in [1.807, 2.05) is 0 Å². The maximum absolute atomic E-state index is 12.8. The van der Waals surface area contributed by atoms with Gasteiger partial charge in [-0.25, -0.2) is 14.6 Å². The molecule has 0 atom stereocenters. The summed E-state index contributed by atoms with van der Waals surface area (Å²) in [6.07, 6.45) is 4.37. The highest BCUT2D eigenvalue weighted by Crippen LogP contribution is 2.20. The van der Waals surface area contributed by atoms with E-state index in [1.165, 1.54) is 6.20 Å². The number of hydrogen-bond donors (Lipinski definition) is 2. The van der Waals surface area contributed by atoms with E-state index in [0.29, 0.717) is 43.1 Å². The van der Waals surface area contributed by atoms with Crippen molar-refractivity contribution >= 4 is 29.4 Å². The number of hydrogen-bond acceptors (Lipinski definition) is 6. The number of benzene rings is 1. The summed E-state index contributed by atoms with van der Waals surface area (Å²) in [5, 5.41) is 5.87. The lowest BCUT2D eigenvalue weighted by atomic mass is 10.2. The summed E-state index contributed by atoms with van der Waals surface area (Å²) >= 11 is 0. The van der Waals surface area contributed by atoms with Crippen molar-refractivity contribution in [3.05, 3.63) is 53.7 Å². The predicted molar refractivity (Wildman–Crippen MR) is 125 cm³/mol. The molecule has 1 aliphatic heterocycles. The minimum absolute atomic E-state index is 0.111. The number of nitrogens with one attached hydrogen (secondary N) is 2. The van der Waals surface area contributed by atoms with Gasteiger partial charge in [0.25, 0.3) is 5.91 Å². The molecule has 0 bridgehead atoms. The summed E-state index contributed by atoms with van der Waals surface area (Å²) in [5.41, 5.74) is 1.56. The van der Waals surface area contributed by atoms with Crippen LogP contribution >= 0.6 is 0 Å². The quantitative estimate of drug-likeness (QED) is 0.655. The number of carbonyl (C=O) groups excluding carboxylic acids is 3. The highest BCUT2D eigenvalue weighted by atomic mass is 16.5. The van der Waals surface area contributed by atoms with E-state index in [4.69, 9.17) is 4.74 Å². The van der Waals surface area contributed by atoms with Crippen molar-refractivity contribution < 1.29 is 19.1 Å². The molecular weight excluding hydrogens is 422 g/mol. The van der Waals surface area contributed by atoms with E-state index in [-0.39, 0.29) is 23.9 Å². The molecule has 1 aromatic carbocycles. The Morgan fingerprint density at radius 3 is 2.64 bits per heavy atom. The van der Waals surface area contributed by atoms with E-state index in [9.17, 15) is 14.4 Å². The highest BCUT2D eigenvalue weighted by molar-refractivity contribution is 5.97. The molecule has 174 valence electrons. The number of ether oxygens (including phenoxy) is 1. The van der Waals surface area contributed by atoms with Crippen LogP contribution in [0.5, 0.6) is 0 Å². The van der Waals surface area contributed by atoms with Crippen molar-refractivity contribution in [2.24, 2.45) is 0 Å². The standard InChI is InChI=1S/C24H29N5O4/c1-2-33-23(31)18-7-10-21(25-16-18)28-11-4-12-29(14-13-28)24(32)27-20-6-3-5-17(15-20)22(30)26-19-8-9-19/h3,5-7,10,15-16,19H,2,4,8-9,11-14H2,1H3,(H,26,30)(H,27,32). The second-order valence-corrected chi connectivity index (χ2v) is 8.21. The third-order valence-corrected chi connectivity index (χ3v) is 5.65. The highest BCUT2D eigenvalue weighted by Gasteiger charge is 2.24. The first-order valence-corrected chi connectivity index (χ1v) is 11.4. The number of carbonyl (C=O) groups is 3. The van der Waals surface area contributed by atoms with Crippen molar-refractivity contribution in [3.8, 4) is 0 Å². The lowest BCUT2D eigenvalue weighted by molar-refractivity contribution is 0.0525. The molecule has 0 unspecified atom stereocenters. The van der Waals surface area contributed by atoms with Crippen LogP contribution in [0.15, 0.2) is 42.6 Å². The molecule has 2 aliphatic rings. The maximum atomic E-state index is 12.8. The van der Waals surface area contributed by atoms with Gasteiger partial charge in [0.05, 0.1) is 12.2 Å². The van der Waals surface area contributed by atoms with Crippen LogP contribution in [0.25, 0.3) is 0 Å². The first-order valence-electron chi connectivity index (χ1n) is 11.4. The van der Waals surface area contributed by atoms with Crippen LogP contribution in [-0.4, -0.2) is 66.6 Å². The van der Waals surface area contributed by atoms with Crippen molar-refractivity contribution in [2.75, 3.05) is 43.0 Å². The van der Waals surface area contributed by atoms with Crippen molar-refractivity contribution in [3.63, 3.8) is 0 Å². The summed E-state index contributed by atoms with van der Waals surface area (Å²) in [4.78, 5) is 45.2. The molecule has 2 N–H and O–H groups in total. The Morgan fingerprint density at radius 2 is 1.91 bits per heavy atom. The number of anilines is 2. The smallest absolute Gasteiger partial charge is 0.339 e. The van der Waals surface area contributed by atoms with Gasteiger partial charge >= 0.3 is 12.0 Å². The second-order valence-electron chi connectivity index (χ2n) is 8.21. The molecule has 0 spiro atoms. The molecule has 33 heavy (non-hydrogen) atoms. The monoisotopic (exact) mass is 451 g/mol. The number of pyridine rings is 1. The second kappa shape index (κ2) is 10.3. The average molecular weight is 452 g/mol. The van der Waals surface area contributed by atoms with E-state index in [2.05, 4.69) is 20.5 Å². The molecule has 1 aliphatic carbocycles. The Labute approximate surface area is 193 Å². The van der Waals surface area contributed by atoms with Crippen LogP contribution in [0.1, 0.15) is 46.9 Å². The fraction of sp³-hybridized carbons (Fsp3) is 0.417. The van der Waals surface area contributed by atoms with Crippen molar-refractivity contribution in [1.82, 2.24) is 15.2 Å². The van der Waals surface area contributed by atoms with E-state index < -0.39 is 0 Å². The first-order chi connectivity index (χ1) is 16.0. The molecule has 1 saturated heterocycles. The van der Waals surface area contributed by atoms with Gasteiger partial charge in [-0.15, -0.1) is 0 Å². The Balaban J connectivity index is 1.32. The third-order valence-electron chi connectivity index (χ3n) is 5.65. The van der Waals surface area contributed by atoms with Crippen LogP contribution in [0.2, 0.25) is 0 Å². The maximum Gasteiger partial charge on any atom is 0.339 e. The van der Waals surface area contributed by atoms with Crippen LogP contribution in [0.4, 0.5) is 16.3 Å². The normalized spacial score (nSPS) is 16.0.